The van der Waals surface area contributed by atoms with Crippen LogP contribution in [0.3, 0.4) is 0 Å². The fourth-order valence-electron chi connectivity index (χ4n) is 2.46. The molecule has 2 unspecified atom stereocenters. The normalized spacial score (nSPS) is 16.4. The van der Waals surface area contributed by atoms with Gasteiger partial charge in [0.15, 0.2) is 0 Å². The second-order valence-electron chi connectivity index (χ2n) is 4.50. The number of nitrogens with two attached hydrogens (primary N) is 1. The summed E-state index contributed by atoms with van der Waals surface area (Å²) >= 11 is 0. The van der Waals surface area contributed by atoms with Gasteiger partial charge in [0.25, 0.3) is 0 Å². The van der Waals surface area contributed by atoms with Crippen molar-refractivity contribution in [2.75, 3.05) is 6.61 Å². The molecule has 0 aromatic carbocycles. The molecule has 0 aliphatic rings. The quantitative estimate of drug-likeness (QED) is 0.674. The molecule has 92 valence electrons. The van der Waals surface area contributed by atoms with Gasteiger partial charge in [0.1, 0.15) is 0 Å². The molecule has 0 amide bonds. The van der Waals surface area contributed by atoms with E-state index < -0.39 is 0 Å². The molecule has 0 aliphatic carbocycles. The molecular formula is C13H29NO. The van der Waals surface area contributed by atoms with Gasteiger partial charge in [-0.25, -0.2) is 0 Å². The van der Waals surface area contributed by atoms with E-state index in [0.717, 1.165) is 19.4 Å². The van der Waals surface area contributed by atoms with Crippen LogP contribution in [0.25, 0.3) is 0 Å². The summed E-state index contributed by atoms with van der Waals surface area (Å²) in [5, 5.41) is 0. The van der Waals surface area contributed by atoms with Crippen molar-refractivity contribution in [2.45, 2.75) is 71.9 Å². The molecule has 0 saturated carbocycles. The number of ether oxygens (including phenoxy) is 1. The second-order valence-corrected chi connectivity index (χ2v) is 4.50. The molecule has 0 heterocycles. The van der Waals surface area contributed by atoms with Crippen molar-refractivity contribution < 1.29 is 4.74 Å². The topological polar surface area (TPSA) is 35.2 Å². The minimum Gasteiger partial charge on any atom is -0.374 e. The standard InChI is InChI=1S/C13H29NO/c1-6-10-11(5)12(14)13(7-2,8-3)15-9-4/h11-12H,6-10,14H2,1-5H3. The zero-order valence-corrected chi connectivity index (χ0v) is 11.2. The first-order valence-corrected chi connectivity index (χ1v) is 6.47. The van der Waals surface area contributed by atoms with Crippen molar-refractivity contribution >= 4 is 0 Å². The minimum atomic E-state index is -0.108. The lowest BCUT2D eigenvalue weighted by Gasteiger charge is -2.40. The Morgan fingerprint density at radius 3 is 2.00 bits per heavy atom. The molecule has 0 radical (unpaired) electrons. The van der Waals surface area contributed by atoms with Crippen LogP contribution in [0.4, 0.5) is 0 Å². The van der Waals surface area contributed by atoms with Crippen LogP contribution in [0.1, 0.15) is 60.3 Å². The number of rotatable bonds is 8. The highest BCUT2D eigenvalue weighted by molar-refractivity contribution is 4.92. The summed E-state index contributed by atoms with van der Waals surface area (Å²) in [6, 6.07) is 0.160. The molecule has 0 aromatic heterocycles. The zero-order chi connectivity index (χ0) is 11.9. The Morgan fingerprint density at radius 1 is 1.13 bits per heavy atom. The molecule has 0 saturated heterocycles. The molecule has 15 heavy (non-hydrogen) atoms. The highest BCUT2D eigenvalue weighted by atomic mass is 16.5. The molecule has 0 spiro atoms. The SMILES string of the molecule is CCCC(C)C(N)C(CC)(CC)OCC. The van der Waals surface area contributed by atoms with Crippen LogP contribution < -0.4 is 5.73 Å². The molecule has 2 atom stereocenters. The van der Waals surface area contributed by atoms with Crippen LogP contribution in [0, 0.1) is 5.92 Å². The van der Waals surface area contributed by atoms with E-state index in [1.807, 2.05) is 0 Å². The second kappa shape index (κ2) is 7.24. The zero-order valence-electron chi connectivity index (χ0n) is 11.2. The highest BCUT2D eigenvalue weighted by Crippen LogP contribution is 2.29. The average Bonchev–Trinajstić information content (AvgIpc) is 2.25. The van der Waals surface area contributed by atoms with E-state index >= 15 is 0 Å². The lowest BCUT2D eigenvalue weighted by atomic mass is 9.80. The Bertz CT molecular complexity index is 155. The Kier molecular flexibility index (Phi) is 7.20. The largest absolute Gasteiger partial charge is 0.374 e. The summed E-state index contributed by atoms with van der Waals surface area (Å²) in [5.74, 6) is 0.543. The first-order valence-electron chi connectivity index (χ1n) is 6.47. The van der Waals surface area contributed by atoms with E-state index in [9.17, 15) is 0 Å². The smallest absolute Gasteiger partial charge is 0.0829 e. The molecule has 2 heteroatoms. The minimum absolute atomic E-state index is 0.108. The van der Waals surface area contributed by atoms with Gasteiger partial charge in [0.05, 0.1) is 5.60 Å². The molecule has 2 N–H and O–H groups in total. The van der Waals surface area contributed by atoms with Crippen molar-refractivity contribution in [2.24, 2.45) is 11.7 Å². The molecule has 0 bridgehead atoms. The maximum absolute atomic E-state index is 6.36. The van der Waals surface area contributed by atoms with Crippen LogP contribution in [-0.2, 0) is 4.74 Å². The first-order chi connectivity index (χ1) is 7.07. The highest BCUT2D eigenvalue weighted by Gasteiger charge is 2.36. The summed E-state index contributed by atoms with van der Waals surface area (Å²) in [5.41, 5.74) is 6.26. The van der Waals surface area contributed by atoms with Gasteiger partial charge in [-0.05, 0) is 32.1 Å². The summed E-state index contributed by atoms with van der Waals surface area (Å²) in [7, 11) is 0. The van der Waals surface area contributed by atoms with Gasteiger partial charge in [-0.3, -0.25) is 0 Å². The van der Waals surface area contributed by atoms with E-state index in [-0.39, 0.29) is 11.6 Å². The Hall–Kier alpha value is -0.0800. The molecule has 0 rings (SSSR count). The van der Waals surface area contributed by atoms with E-state index in [4.69, 9.17) is 10.5 Å². The van der Waals surface area contributed by atoms with Gasteiger partial charge < -0.3 is 10.5 Å². The average molecular weight is 215 g/mol. The van der Waals surface area contributed by atoms with Crippen molar-refractivity contribution in [3.63, 3.8) is 0 Å². The third-order valence-corrected chi connectivity index (χ3v) is 3.59. The molecule has 0 fully saturated rings. The fourth-order valence-corrected chi connectivity index (χ4v) is 2.46. The number of hydrogen-bond donors (Lipinski definition) is 1. The van der Waals surface area contributed by atoms with Crippen molar-refractivity contribution in [3.8, 4) is 0 Å². The summed E-state index contributed by atoms with van der Waals surface area (Å²) < 4.78 is 5.93. The Balaban J connectivity index is 4.58. The predicted molar refractivity (Wildman–Crippen MR) is 67.0 cm³/mol. The van der Waals surface area contributed by atoms with Gasteiger partial charge in [-0.15, -0.1) is 0 Å². The van der Waals surface area contributed by atoms with E-state index in [0.29, 0.717) is 5.92 Å². The van der Waals surface area contributed by atoms with Crippen molar-refractivity contribution in [3.05, 3.63) is 0 Å². The van der Waals surface area contributed by atoms with E-state index in [2.05, 4.69) is 34.6 Å². The predicted octanol–water partition coefficient (Wildman–Crippen LogP) is 3.35. The third-order valence-electron chi connectivity index (χ3n) is 3.59. The number of hydrogen-bond acceptors (Lipinski definition) is 2. The molecule has 0 aliphatic heterocycles. The molecule has 2 nitrogen and oxygen atoms in total. The van der Waals surface area contributed by atoms with Crippen LogP contribution in [0.15, 0.2) is 0 Å². The van der Waals surface area contributed by atoms with Gasteiger partial charge >= 0.3 is 0 Å². The van der Waals surface area contributed by atoms with Crippen LogP contribution in [0.2, 0.25) is 0 Å². The van der Waals surface area contributed by atoms with Crippen molar-refractivity contribution in [1.29, 1.82) is 0 Å². The molecular weight excluding hydrogens is 186 g/mol. The van der Waals surface area contributed by atoms with E-state index in [1.165, 1.54) is 12.8 Å². The first kappa shape index (κ1) is 14.9. The lowest BCUT2D eigenvalue weighted by molar-refractivity contribution is -0.0749. The van der Waals surface area contributed by atoms with Gasteiger partial charge in [-0.1, -0.05) is 34.1 Å². The molecule has 0 aromatic rings. The maximum atomic E-state index is 6.36. The lowest BCUT2D eigenvalue weighted by Crippen LogP contribution is -2.52. The van der Waals surface area contributed by atoms with Crippen molar-refractivity contribution in [1.82, 2.24) is 0 Å². The van der Waals surface area contributed by atoms with Gasteiger partial charge in [-0.2, -0.15) is 0 Å². The summed E-state index contributed by atoms with van der Waals surface area (Å²) in [6.07, 6.45) is 4.40. The van der Waals surface area contributed by atoms with Crippen LogP contribution >= 0.6 is 0 Å². The van der Waals surface area contributed by atoms with Crippen LogP contribution in [-0.4, -0.2) is 18.2 Å². The summed E-state index contributed by atoms with van der Waals surface area (Å²) in [4.78, 5) is 0. The monoisotopic (exact) mass is 215 g/mol. The van der Waals surface area contributed by atoms with Gasteiger partial charge in [0.2, 0.25) is 0 Å². The summed E-state index contributed by atoms with van der Waals surface area (Å²) in [6.45, 7) is 11.6. The maximum Gasteiger partial charge on any atom is 0.0829 e. The van der Waals surface area contributed by atoms with Gasteiger partial charge in [0, 0.05) is 12.6 Å². The fraction of sp³-hybridized carbons (Fsp3) is 1.00. The van der Waals surface area contributed by atoms with Crippen LogP contribution in [0.5, 0.6) is 0 Å². The Morgan fingerprint density at radius 2 is 1.67 bits per heavy atom. The van der Waals surface area contributed by atoms with E-state index in [1.54, 1.807) is 0 Å². The Labute approximate surface area is 95.6 Å². The third kappa shape index (κ3) is 3.76.